The first-order valence-electron chi connectivity index (χ1n) is 6.90. The van der Waals surface area contributed by atoms with Crippen LogP contribution in [0.25, 0.3) is 11.3 Å². The molecule has 24 heavy (non-hydrogen) atoms. The monoisotopic (exact) mass is 327 g/mol. The van der Waals surface area contributed by atoms with Crippen LogP contribution in [0.3, 0.4) is 0 Å². The number of nitro benzene ring substituents is 1. The molecule has 0 fully saturated rings. The van der Waals surface area contributed by atoms with Crippen LogP contribution in [0.4, 0.5) is 11.6 Å². The van der Waals surface area contributed by atoms with E-state index in [-0.39, 0.29) is 11.6 Å². The number of furan rings is 1. The number of nitrogens with zero attached hydrogens (tertiary/aromatic N) is 6. The van der Waals surface area contributed by atoms with Crippen molar-refractivity contribution in [1.29, 1.82) is 0 Å². The number of benzene rings is 1. The molecule has 0 saturated heterocycles. The molecular weight excluding hydrogens is 314 g/mol. The van der Waals surface area contributed by atoms with Gasteiger partial charge in [-0.15, -0.1) is 0 Å². The maximum atomic E-state index is 11.3. The fourth-order valence-corrected chi connectivity index (χ4v) is 2.10. The van der Waals surface area contributed by atoms with Gasteiger partial charge in [-0.3, -0.25) is 10.1 Å². The summed E-state index contributed by atoms with van der Waals surface area (Å²) in [6.07, 6.45) is 1.36. The molecule has 2 heterocycles. The first-order valence-corrected chi connectivity index (χ1v) is 6.90. The van der Waals surface area contributed by atoms with Gasteiger partial charge in [0.2, 0.25) is 0 Å². The number of rotatable bonds is 4. The predicted octanol–water partition coefficient (Wildman–Crippen LogP) is 1.92. The van der Waals surface area contributed by atoms with Crippen molar-refractivity contribution in [3.63, 3.8) is 0 Å². The molecule has 3 aromatic rings. The number of nitro groups is 1. The van der Waals surface area contributed by atoms with Crippen LogP contribution in [0.5, 0.6) is 0 Å². The van der Waals surface area contributed by atoms with Crippen molar-refractivity contribution in [2.75, 3.05) is 5.73 Å². The lowest BCUT2D eigenvalue weighted by molar-refractivity contribution is -0.384. The molecule has 1 aromatic carbocycles. The van der Waals surface area contributed by atoms with Crippen LogP contribution in [0, 0.1) is 24.0 Å². The van der Waals surface area contributed by atoms with Crippen molar-refractivity contribution in [3.8, 4) is 11.3 Å². The fraction of sp³-hybridized carbons (Fsp3) is 0.143. The first kappa shape index (κ1) is 15.3. The van der Waals surface area contributed by atoms with E-state index in [9.17, 15) is 10.1 Å². The molecule has 2 aromatic heterocycles. The van der Waals surface area contributed by atoms with Crippen LogP contribution >= 0.6 is 0 Å². The summed E-state index contributed by atoms with van der Waals surface area (Å²) in [4.78, 5) is 11.9. The van der Waals surface area contributed by atoms with E-state index >= 15 is 0 Å². The highest BCUT2D eigenvalue weighted by atomic mass is 16.6. The van der Waals surface area contributed by atoms with Crippen LogP contribution in [-0.4, -0.2) is 31.5 Å². The highest BCUT2D eigenvalue weighted by Gasteiger charge is 2.19. The van der Waals surface area contributed by atoms with Crippen LogP contribution in [0.1, 0.15) is 16.9 Å². The minimum absolute atomic E-state index is 0.0133. The normalized spacial score (nSPS) is 11.2. The maximum absolute atomic E-state index is 11.3. The average Bonchev–Trinajstić information content (AvgIpc) is 3.16. The maximum Gasteiger partial charge on any atom is 0.280 e. The van der Waals surface area contributed by atoms with Gasteiger partial charge in [0.15, 0.2) is 0 Å². The Balaban J connectivity index is 1.96. The summed E-state index contributed by atoms with van der Waals surface area (Å²) < 4.78 is 5.62. The Labute approximate surface area is 135 Å². The van der Waals surface area contributed by atoms with Crippen LogP contribution in [-0.2, 0) is 0 Å². The number of hydrogen-bond acceptors (Lipinski definition) is 8. The zero-order chi connectivity index (χ0) is 17.3. The summed E-state index contributed by atoms with van der Waals surface area (Å²) in [5.41, 5.74) is 7.66. The summed E-state index contributed by atoms with van der Waals surface area (Å²) in [7, 11) is 0. The predicted molar refractivity (Wildman–Crippen MR) is 85.5 cm³/mol. The fourth-order valence-electron chi connectivity index (χ4n) is 2.10. The van der Waals surface area contributed by atoms with Crippen molar-refractivity contribution in [3.05, 3.63) is 51.3 Å². The lowest BCUT2D eigenvalue weighted by atomic mass is 10.0. The molecule has 0 aliphatic carbocycles. The number of anilines is 1. The van der Waals surface area contributed by atoms with Gasteiger partial charge >= 0.3 is 0 Å². The minimum Gasteiger partial charge on any atom is -0.455 e. The van der Waals surface area contributed by atoms with Crippen molar-refractivity contribution >= 4 is 17.9 Å². The highest BCUT2D eigenvalue weighted by Crippen LogP contribution is 2.33. The molecule has 0 bridgehead atoms. The summed E-state index contributed by atoms with van der Waals surface area (Å²) in [6.45, 7) is 3.71. The van der Waals surface area contributed by atoms with Crippen LogP contribution in [0.15, 0.2) is 33.8 Å². The SMILES string of the molecule is Cc1cc(-c2ccc(/C=N/n3nnnc3N)o2)c([N+](=O)[O-])cc1C. The summed E-state index contributed by atoms with van der Waals surface area (Å²) in [6, 6.07) is 6.54. The molecule has 10 nitrogen and oxygen atoms in total. The largest absolute Gasteiger partial charge is 0.455 e. The Kier molecular flexibility index (Phi) is 3.78. The Morgan fingerprint density at radius 3 is 2.75 bits per heavy atom. The Hall–Kier alpha value is -3.56. The summed E-state index contributed by atoms with van der Waals surface area (Å²) >= 11 is 0. The van der Waals surface area contributed by atoms with Crippen molar-refractivity contribution in [1.82, 2.24) is 20.3 Å². The van der Waals surface area contributed by atoms with Crippen molar-refractivity contribution in [2.24, 2.45) is 5.10 Å². The Bertz CT molecular complexity index is 942. The van der Waals surface area contributed by atoms with E-state index in [0.29, 0.717) is 17.1 Å². The molecule has 3 rings (SSSR count). The molecule has 0 aliphatic heterocycles. The van der Waals surface area contributed by atoms with Crippen molar-refractivity contribution < 1.29 is 9.34 Å². The zero-order valence-corrected chi connectivity index (χ0v) is 12.9. The molecule has 0 unspecified atom stereocenters. The topological polar surface area (TPSA) is 138 Å². The van der Waals surface area contributed by atoms with Crippen LogP contribution in [0.2, 0.25) is 0 Å². The van der Waals surface area contributed by atoms with E-state index in [0.717, 1.165) is 15.9 Å². The molecule has 0 saturated carbocycles. The molecule has 0 amide bonds. The van der Waals surface area contributed by atoms with Gasteiger partial charge in [-0.05, 0) is 53.6 Å². The number of nitrogen functional groups attached to an aromatic ring is 1. The third-order valence-electron chi connectivity index (χ3n) is 3.47. The molecule has 0 aliphatic rings. The van der Waals surface area contributed by atoms with Crippen molar-refractivity contribution in [2.45, 2.75) is 13.8 Å². The number of tetrazole rings is 1. The quantitative estimate of drug-likeness (QED) is 0.438. The minimum atomic E-state index is -0.431. The number of hydrogen-bond donors (Lipinski definition) is 1. The summed E-state index contributed by atoms with van der Waals surface area (Å²) in [5.74, 6) is 0.784. The van der Waals surface area contributed by atoms with Gasteiger partial charge in [0.25, 0.3) is 11.6 Å². The molecule has 0 atom stereocenters. The molecular formula is C14H13N7O3. The standard InChI is InChI=1S/C14H13N7O3/c1-8-5-11(12(21(22)23)6-9(8)2)13-4-3-10(24-13)7-16-20-14(15)17-18-19-20/h3-7H,1-2H3,(H2,15,17,19)/b16-7+. The molecule has 2 N–H and O–H groups in total. The highest BCUT2D eigenvalue weighted by molar-refractivity contribution is 5.79. The van der Waals surface area contributed by atoms with Gasteiger partial charge in [0.05, 0.1) is 16.7 Å². The number of aryl methyl sites for hydroxylation is 2. The van der Waals surface area contributed by atoms with E-state index in [2.05, 4.69) is 20.6 Å². The lowest BCUT2D eigenvalue weighted by Crippen LogP contribution is -1.99. The smallest absolute Gasteiger partial charge is 0.280 e. The van der Waals surface area contributed by atoms with Gasteiger partial charge in [0, 0.05) is 6.07 Å². The Morgan fingerprint density at radius 2 is 2.08 bits per heavy atom. The number of aromatic nitrogens is 4. The molecule has 0 spiro atoms. The summed E-state index contributed by atoms with van der Waals surface area (Å²) in [5, 5.41) is 25.6. The first-order chi connectivity index (χ1) is 11.5. The molecule has 122 valence electrons. The van der Waals surface area contributed by atoms with E-state index in [1.54, 1.807) is 18.2 Å². The van der Waals surface area contributed by atoms with Gasteiger partial charge < -0.3 is 10.2 Å². The zero-order valence-electron chi connectivity index (χ0n) is 12.9. The second kappa shape index (κ2) is 5.91. The van der Waals surface area contributed by atoms with Gasteiger partial charge in [-0.25, -0.2) is 0 Å². The van der Waals surface area contributed by atoms with E-state index in [1.165, 1.54) is 12.3 Å². The van der Waals surface area contributed by atoms with E-state index in [1.807, 2.05) is 13.8 Å². The second-order valence-corrected chi connectivity index (χ2v) is 5.08. The van der Waals surface area contributed by atoms with Gasteiger partial charge in [-0.2, -0.15) is 5.10 Å². The lowest BCUT2D eigenvalue weighted by Gasteiger charge is -2.04. The van der Waals surface area contributed by atoms with E-state index < -0.39 is 4.92 Å². The van der Waals surface area contributed by atoms with Gasteiger partial charge in [0.1, 0.15) is 11.5 Å². The second-order valence-electron chi connectivity index (χ2n) is 5.08. The average molecular weight is 327 g/mol. The van der Waals surface area contributed by atoms with Crippen LogP contribution < -0.4 is 5.73 Å². The number of nitrogens with two attached hydrogens (primary N) is 1. The third kappa shape index (κ3) is 2.84. The third-order valence-corrected chi connectivity index (χ3v) is 3.47. The Morgan fingerprint density at radius 1 is 1.33 bits per heavy atom. The van der Waals surface area contributed by atoms with Gasteiger partial charge in [-0.1, -0.05) is 9.89 Å². The molecule has 0 radical (unpaired) electrons. The van der Waals surface area contributed by atoms with E-state index in [4.69, 9.17) is 10.2 Å². The molecule has 10 heteroatoms.